The van der Waals surface area contributed by atoms with Gasteiger partial charge in [0.2, 0.25) is 0 Å². The molecular weight excluding hydrogens is 248 g/mol. The van der Waals surface area contributed by atoms with Crippen molar-refractivity contribution in [3.63, 3.8) is 0 Å². The predicted molar refractivity (Wildman–Crippen MR) is 59.8 cm³/mol. The number of alkyl halides is 1. The van der Waals surface area contributed by atoms with Crippen LogP contribution in [0.2, 0.25) is 0 Å². The van der Waals surface area contributed by atoms with Crippen LogP contribution in [0.5, 0.6) is 0 Å². The third kappa shape index (κ3) is 2.79. The Morgan fingerprint density at radius 2 is 2.18 bits per heavy atom. The molecular formula is C11H10ClF2N3. The smallest absolute Gasteiger partial charge is 0.128 e. The van der Waals surface area contributed by atoms with E-state index in [2.05, 4.69) is 10.3 Å². The largest absolute Gasteiger partial charge is 0.248 e. The summed E-state index contributed by atoms with van der Waals surface area (Å²) in [6.07, 6.45) is 1.61. The van der Waals surface area contributed by atoms with Crippen molar-refractivity contribution in [1.82, 2.24) is 15.0 Å². The molecule has 0 aliphatic carbocycles. The molecule has 0 spiro atoms. The van der Waals surface area contributed by atoms with Gasteiger partial charge in [-0.3, -0.25) is 0 Å². The lowest BCUT2D eigenvalue weighted by atomic mass is 10.2. The molecule has 90 valence electrons. The number of rotatable bonds is 3. The van der Waals surface area contributed by atoms with Crippen molar-refractivity contribution in [2.45, 2.75) is 18.8 Å². The Balaban J connectivity index is 2.22. The molecule has 0 N–H and O–H groups in total. The Hall–Kier alpha value is -1.49. The topological polar surface area (TPSA) is 30.7 Å². The second-order valence-corrected chi connectivity index (χ2v) is 4.35. The molecule has 1 aromatic heterocycles. The van der Waals surface area contributed by atoms with Crippen molar-refractivity contribution in [3.05, 3.63) is 47.3 Å². The zero-order valence-electron chi connectivity index (χ0n) is 9.07. The molecule has 1 heterocycles. The molecule has 0 aliphatic rings. The number of aromatic nitrogens is 3. The van der Waals surface area contributed by atoms with Crippen LogP contribution >= 0.6 is 11.6 Å². The van der Waals surface area contributed by atoms with Gasteiger partial charge < -0.3 is 0 Å². The minimum Gasteiger partial charge on any atom is -0.248 e. The molecule has 1 aromatic carbocycles. The van der Waals surface area contributed by atoms with E-state index in [9.17, 15) is 8.78 Å². The molecule has 1 atom stereocenters. The van der Waals surface area contributed by atoms with Gasteiger partial charge in [-0.1, -0.05) is 5.21 Å². The predicted octanol–water partition coefficient (Wildman–Crippen LogP) is 2.90. The fourth-order valence-electron chi connectivity index (χ4n) is 1.41. The summed E-state index contributed by atoms with van der Waals surface area (Å²) in [6.45, 7) is 1.89. The van der Waals surface area contributed by atoms with E-state index in [1.165, 1.54) is 4.68 Å². The normalized spacial score (nSPS) is 12.7. The van der Waals surface area contributed by atoms with E-state index in [4.69, 9.17) is 11.6 Å². The zero-order valence-corrected chi connectivity index (χ0v) is 9.83. The Bertz CT molecular complexity index is 525. The fourth-order valence-corrected chi connectivity index (χ4v) is 1.51. The van der Waals surface area contributed by atoms with Crippen LogP contribution in [0, 0.1) is 11.6 Å². The minimum absolute atomic E-state index is 0.125. The Labute approximate surface area is 102 Å². The number of hydrogen-bond donors (Lipinski definition) is 0. The lowest BCUT2D eigenvalue weighted by molar-refractivity contribution is 0.560. The average molecular weight is 258 g/mol. The highest BCUT2D eigenvalue weighted by Crippen LogP contribution is 2.16. The Kier molecular flexibility index (Phi) is 3.38. The van der Waals surface area contributed by atoms with Crippen LogP contribution in [0.3, 0.4) is 0 Å². The number of nitrogens with zero attached hydrogens (tertiary/aromatic N) is 3. The number of hydrogen-bond acceptors (Lipinski definition) is 2. The summed E-state index contributed by atoms with van der Waals surface area (Å²) in [6, 6.07) is 3.31. The van der Waals surface area contributed by atoms with E-state index in [1.807, 2.05) is 0 Å². The first-order chi connectivity index (χ1) is 8.06. The van der Waals surface area contributed by atoms with Gasteiger partial charge in [0.15, 0.2) is 0 Å². The highest BCUT2D eigenvalue weighted by atomic mass is 35.5. The van der Waals surface area contributed by atoms with Crippen molar-refractivity contribution in [2.75, 3.05) is 0 Å². The lowest BCUT2D eigenvalue weighted by Gasteiger charge is -2.02. The van der Waals surface area contributed by atoms with Gasteiger partial charge in [-0.15, -0.1) is 16.7 Å². The summed E-state index contributed by atoms with van der Waals surface area (Å²) < 4.78 is 27.7. The third-order valence-corrected chi connectivity index (χ3v) is 2.53. The van der Waals surface area contributed by atoms with E-state index >= 15 is 0 Å². The molecule has 2 aromatic rings. The summed E-state index contributed by atoms with van der Waals surface area (Å²) in [5.41, 5.74) is 0.826. The van der Waals surface area contributed by atoms with Crippen molar-refractivity contribution in [1.29, 1.82) is 0 Å². The van der Waals surface area contributed by atoms with E-state index < -0.39 is 11.6 Å². The molecule has 1 unspecified atom stereocenters. The molecule has 0 saturated heterocycles. The van der Waals surface area contributed by atoms with E-state index in [1.54, 1.807) is 13.1 Å². The van der Waals surface area contributed by atoms with Crippen LogP contribution in [-0.4, -0.2) is 15.0 Å². The third-order valence-electron chi connectivity index (χ3n) is 2.30. The Morgan fingerprint density at radius 3 is 2.82 bits per heavy atom. The van der Waals surface area contributed by atoms with E-state index in [-0.39, 0.29) is 17.5 Å². The maximum atomic E-state index is 13.4. The first-order valence-corrected chi connectivity index (χ1v) is 5.48. The molecule has 17 heavy (non-hydrogen) atoms. The van der Waals surface area contributed by atoms with Gasteiger partial charge in [0.05, 0.1) is 18.1 Å². The van der Waals surface area contributed by atoms with Gasteiger partial charge in [0, 0.05) is 5.56 Å². The Morgan fingerprint density at radius 1 is 1.41 bits per heavy atom. The standard InChI is InChI=1S/C11H10ClF2N3/c1-7(12)11-6-17(16-15-11)5-8-4-9(13)2-3-10(8)14/h2-4,6-7H,5H2,1H3. The van der Waals surface area contributed by atoms with Crippen molar-refractivity contribution < 1.29 is 8.78 Å². The fraction of sp³-hybridized carbons (Fsp3) is 0.273. The van der Waals surface area contributed by atoms with E-state index in [0.717, 1.165) is 18.2 Å². The first kappa shape index (κ1) is 12.0. The van der Waals surface area contributed by atoms with Crippen LogP contribution in [0.15, 0.2) is 24.4 Å². The van der Waals surface area contributed by atoms with Crippen LogP contribution in [-0.2, 0) is 6.54 Å². The summed E-state index contributed by atoms with van der Waals surface area (Å²) in [5, 5.41) is 7.36. The zero-order chi connectivity index (χ0) is 12.4. The summed E-state index contributed by atoms with van der Waals surface area (Å²) in [5.74, 6) is -0.949. The summed E-state index contributed by atoms with van der Waals surface area (Å²) >= 11 is 5.83. The minimum atomic E-state index is -0.479. The van der Waals surface area contributed by atoms with Gasteiger partial charge in [0.1, 0.15) is 17.3 Å². The van der Waals surface area contributed by atoms with Crippen LogP contribution in [0.25, 0.3) is 0 Å². The first-order valence-electron chi connectivity index (χ1n) is 5.04. The van der Waals surface area contributed by atoms with Gasteiger partial charge in [0.25, 0.3) is 0 Å². The number of benzene rings is 1. The van der Waals surface area contributed by atoms with Gasteiger partial charge in [-0.05, 0) is 25.1 Å². The molecule has 3 nitrogen and oxygen atoms in total. The second kappa shape index (κ2) is 4.79. The summed E-state index contributed by atoms with van der Waals surface area (Å²) in [7, 11) is 0. The van der Waals surface area contributed by atoms with Crippen molar-refractivity contribution in [2.24, 2.45) is 0 Å². The molecule has 0 bridgehead atoms. The molecule has 0 amide bonds. The SMILES string of the molecule is CC(Cl)c1cn(Cc2cc(F)ccc2F)nn1. The molecule has 0 aliphatic heterocycles. The monoisotopic (exact) mass is 257 g/mol. The van der Waals surface area contributed by atoms with Crippen LogP contribution < -0.4 is 0 Å². The molecule has 0 saturated carbocycles. The quantitative estimate of drug-likeness (QED) is 0.792. The average Bonchev–Trinajstić information content (AvgIpc) is 2.72. The lowest BCUT2D eigenvalue weighted by Crippen LogP contribution is -2.03. The van der Waals surface area contributed by atoms with Crippen molar-refractivity contribution >= 4 is 11.6 Å². The highest BCUT2D eigenvalue weighted by Gasteiger charge is 2.09. The molecule has 2 rings (SSSR count). The van der Waals surface area contributed by atoms with E-state index in [0.29, 0.717) is 5.69 Å². The van der Waals surface area contributed by atoms with Crippen LogP contribution in [0.4, 0.5) is 8.78 Å². The van der Waals surface area contributed by atoms with Gasteiger partial charge >= 0.3 is 0 Å². The van der Waals surface area contributed by atoms with Gasteiger partial charge in [-0.25, -0.2) is 13.5 Å². The van der Waals surface area contributed by atoms with Crippen molar-refractivity contribution in [3.8, 4) is 0 Å². The maximum Gasteiger partial charge on any atom is 0.128 e. The highest BCUT2D eigenvalue weighted by molar-refractivity contribution is 6.20. The number of halogens is 3. The molecule has 0 fully saturated rings. The molecule has 0 radical (unpaired) electrons. The second-order valence-electron chi connectivity index (χ2n) is 3.69. The summed E-state index contributed by atoms with van der Waals surface area (Å²) in [4.78, 5) is 0. The maximum absolute atomic E-state index is 13.4. The van der Waals surface area contributed by atoms with Crippen LogP contribution in [0.1, 0.15) is 23.6 Å². The molecule has 6 heteroatoms. The van der Waals surface area contributed by atoms with Gasteiger partial charge in [-0.2, -0.15) is 0 Å².